The minimum absolute atomic E-state index is 0.00322. The second kappa shape index (κ2) is 15.3. The first kappa shape index (κ1) is 41.4. The standard InChI is InChI=1S/C40H62O16/c1-17-30(44)32(46)34(48)37(53-17)55-26-16-51-36(33(47)31(26)45)56-35-18(2)52-28(13-24(35)41)54-21-7-9-38(3)20(12-21)5-6-23-29(38)25(42)14-39(4)22(8-10-40(23,39)49)19-11-27(43)50-15-19/h11,17-18,20-26,28-37,41-42,44-49H,5-10,12-16H2,1-4H3. The predicted octanol–water partition coefficient (Wildman–Crippen LogP) is -0.229. The molecule has 8 aliphatic rings. The number of cyclic esters (lactones) is 1. The highest BCUT2D eigenvalue weighted by molar-refractivity contribution is 5.85. The second-order valence-electron chi connectivity index (χ2n) is 18.7. The summed E-state index contributed by atoms with van der Waals surface area (Å²) in [6.07, 6.45) is -8.73. The van der Waals surface area contributed by atoms with Gasteiger partial charge in [0.15, 0.2) is 18.9 Å². The largest absolute Gasteiger partial charge is 0.458 e. The third-order valence-electron chi connectivity index (χ3n) is 15.7. The van der Waals surface area contributed by atoms with Crippen molar-refractivity contribution >= 4 is 5.97 Å². The Kier molecular flexibility index (Phi) is 11.3. The number of carbonyl (C=O) groups is 1. The fourth-order valence-electron chi connectivity index (χ4n) is 12.6. The number of ether oxygens (including phenoxy) is 7. The molecule has 16 nitrogen and oxygen atoms in total. The Morgan fingerprint density at radius 2 is 1.52 bits per heavy atom. The lowest BCUT2D eigenvalue weighted by atomic mass is 9.42. The molecule has 56 heavy (non-hydrogen) atoms. The molecule has 0 radical (unpaired) electrons. The van der Waals surface area contributed by atoms with Crippen LogP contribution >= 0.6 is 0 Å². The number of carbonyl (C=O) groups excluding carboxylic acids is 1. The van der Waals surface area contributed by atoms with Gasteiger partial charge in [-0.2, -0.15) is 0 Å². The number of rotatable bonds is 7. The van der Waals surface area contributed by atoms with Gasteiger partial charge in [0.05, 0.1) is 42.7 Å². The molecule has 16 heteroatoms. The number of esters is 1. The Labute approximate surface area is 327 Å². The summed E-state index contributed by atoms with van der Waals surface area (Å²) in [5, 5.41) is 87.8. The Morgan fingerprint density at radius 1 is 0.768 bits per heavy atom. The average Bonchev–Trinajstić information content (AvgIpc) is 3.69. The summed E-state index contributed by atoms with van der Waals surface area (Å²) in [6.45, 7) is 7.61. The van der Waals surface area contributed by atoms with Gasteiger partial charge in [-0.05, 0) is 99.9 Å². The zero-order chi connectivity index (χ0) is 40.1. The Hall–Kier alpha value is -1.35. The van der Waals surface area contributed by atoms with Gasteiger partial charge in [-0.15, -0.1) is 0 Å². The van der Waals surface area contributed by atoms with Gasteiger partial charge in [0.2, 0.25) is 0 Å². The topological polar surface area (TPSA) is 244 Å². The minimum atomic E-state index is -1.60. The van der Waals surface area contributed by atoms with Gasteiger partial charge in [0.25, 0.3) is 0 Å². The minimum Gasteiger partial charge on any atom is -0.458 e. The Bertz CT molecular complexity index is 1470. The molecule has 0 aromatic carbocycles. The van der Waals surface area contributed by atoms with Crippen LogP contribution in [0.25, 0.3) is 0 Å². The van der Waals surface area contributed by atoms with Gasteiger partial charge in [0, 0.05) is 17.9 Å². The molecule has 22 atom stereocenters. The molecule has 0 amide bonds. The van der Waals surface area contributed by atoms with Crippen molar-refractivity contribution in [2.24, 2.45) is 34.5 Å². The van der Waals surface area contributed by atoms with Gasteiger partial charge < -0.3 is 74.0 Å². The maximum absolute atomic E-state index is 12.6. The quantitative estimate of drug-likeness (QED) is 0.123. The van der Waals surface area contributed by atoms with Crippen LogP contribution in [0.4, 0.5) is 0 Å². The van der Waals surface area contributed by atoms with Gasteiger partial charge in [-0.3, -0.25) is 0 Å². The lowest BCUT2D eigenvalue weighted by Gasteiger charge is -2.65. The molecular formula is C40H62O16. The summed E-state index contributed by atoms with van der Waals surface area (Å²) >= 11 is 0. The summed E-state index contributed by atoms with van der Waals surface area (Å²) in [7, 11) is 0. The number of aliphatic hydroxyl groups excluding tert-OH is 7. The first-order valence-corrected chi connectivity index (χ1v) is 20.7. The molecule has 8 rings (SSSR count). The summed E-state index contributed by atoms with van der Waals surface area (Å²) in [4.78, 5) is 11.9. The van der Waals surface area contributed by atoms with Crippen molar-refractivity contribution in [1.82, 2.24) is 0 Å². The molecule has 4 saturated carbocycles. The van der Waals surface area contributed by atoms with E-state index in [2.05, 4.69) is 13.8 Å². The SMILES string of the molecule is CC1OC(OC2COC(OC3C(O)CC(OC4CCC5(C)C(CCC6C5C(O)CC5(C)C(C7=CC(=O)OC7)CCC65O)C4)OC3C)C(O)C2O)C(O)C(O)C1O. The van der Waals surface area contributed by atoms with Crippen molar-refractivity contribution in [2.45, 2.75) is 183 Å². The highest BCUT2D eigenvalue weighted by Crippen LogP contribution is 2.70. The highest BCUT2D eigenvalue weighted by atomic mass is 16.7. The maximum atomic E-state index is 12.6. The summed E-state index contributed by atoms with van der Waals surface area (Å²) in [5.41, 5.74) is -0.741. The molecule has 0 aromatic heterocycles. The van der Waals surface area contributed by atoms with Gasteiger partial charge in [-0.1, -0.05) is 13.8 Å². The van der Waals surface area contributed by atoms with Crippen LogP contribution in [0.3, 0.4) is 0 Å². The fraction of sp³-hybridized carbons (Fsp3) is 0.925. The van der Waals surface area contributed by atoms with Gasteiger partial charge >= 0.3 is 5.97 Å². The molecule has 0 bridgehead atoms. The lowest BCUT2D eigenvalue weighted by molar-refractivity contribution is -0.354. The van der Waals surface area contributed by atoms with Crippen LogP contribution in [0, 0.1) is 34.5 Å². The molecule has 22 unspecified atom stereocenters. The molecule has 3 saturated heterocycles. The molecule has 4 aliphatic heterocycles. The van der Waals surface area contributed by atoms with E-state index in [9.17, 15) is 45.6 Å². The average molecular weight is 799 g/mol. The number of aliphatic hydroxyl groups is 8. The number of fused-ring (bicyclic) bond motifs is 5. The van der Waals surface area contributed by atoms with Crippen molar-refractivity contribution in [1.29, 1.82) is 0 Å². The van der Waals surface area contributed by atoms with E-state index < -0.39 is 97.0 Å². The smallest absolute Gasteiger partial charge is 0.331 e. The lowest BCUT2D eigenvalue weighted by Crippen LogP contribution is -2.66. The first-order chi connectivity index (χ1) is 26.4. The van der Waals surface area contributed by atoms with E-state index in [0.29, 0.717) is 12.8 Å². The highest BCUT2D eigenvalue weighted by Gasteiger charge is 2.70. The monoisotopic (exact) mass is 798 g/mol. The van der Waals surface area contributed by atoms with Crippen molar-refractivity contribution in [3.63, 3.8) is 0 Å². The summed E-state index contributed by atoms with van der Waals surface area (Å²) < 4.78 is 40.7. The van der Waals surface area contributed by atoms with Crippen molar-refractivity contribution in [2.75, 3.05) is 13.2 Å². The van der Waals surface area contributed by atoms with Crippen LogP contribution in [0.5, 0.6) is 0 Å². The van der Waals surface area contributed by atoms with Gasteiger partial charge in [0.1, 0.15) is 49.3 Å². The molecule has 0 spiro atoms. The molecule has 0 aromatic rings. The van der Waals surface area contributed by atoms with Gasteiger partial charge in [-0.25, -0.2) is 4.79 Å². The molecule has 7 fully saturated rings. The predicted molar refractivity (Wildman–Crippen MR) is 191 cm³/mol. The van der Waals surface area contributed by atoms with E-state index in [4.69, 9.17) is 33.2 Å². The van der Waals surface area contributed by atoms with Crippen LogP contribution in [0.1, 0.15) is 85.5 Å². The Balaban J connectivity index is 0.842. The van der Waals surface area contributed by atoms with E-state index in [1.165, 1.54) is 6.92 Å². The normalized spacial score (nSPS) is 56.1. The molecule has 4 aliphatic carbocycles. The van der Waals surface area contributed by atoms with Crippen LogP contribution in [0.15, 0.2) is 11.6 Å². The van der Waals surface area contributed by atoms with Crippen LogP contribution in [-0.4, -0.2) is 158 Å². The van der Waals surface area contributed by atoms with E-state index >= 15 is 0 Å². The maximum Gasteiger partial charge on any atom is 0.331 e. The van der Waals surface area contributed by atoms with Crippen molar-refractivity contribution < 1.29 is 78.8 Å². The van der Waals surface area contributed by atoms with Crippen LogP contribution in [-0.2, 0) is 38.0 Å². The van der Waals surface area contributed by atoms with E-state index in [1.54, 1.807) is 13.0 Å². The Morgan fingerprint density at radius 3 is 2.23 bits per heavy atom. The summed E-state index contributed by atoms with van der Waals surface area (Å²) in [5.74, 6) is -0.176. The number of hydrogen-bond donors (Lipinski definition) is 8. The molecule has 8 N–H and O–H groups in total. The fourth-order valence-corrected chi connectivity index (χ4v) is 12.6. The molecule has 4 heterocycles. The second-order valence-corrected chi connectivity index (χ2v) is 18.7. The number of hydrogen-bond acceptors (Lipinski definition) is 16. The van der Waals surface area contributed by atoms with Crippen LogP contribution < -0.4 is 0 Å². The zero-order valence-electron chi connectivity index (χ0n) is 32.7. The third kappa shape index (κ3) is 6.81. The zero-order valence-corrected chi connectivity index (χ0v) is 32.7. The van der Waals surface area contributed by atoms with E-state index in [1.807, 2.05) is 0 Å². The van der Waals surface area contributed by atoms with E-state index in [-0.39, 0.29) is 60.8 Å². The van der Waals surface area contributed by atoms with Crippen molar-refractivity contribution in [3.05, 3.63) is 11.6 Å². The van der Waals surface area contributed by atoms with Crippen LogP contribution in [0.2, 0.25) is 0 Å². The molecular weight excluding hydrogens is 736 g/mol. The third-order valence-corrected chi connectivity index (χ3v) is 15.7. The van der Waals surface area contributed by atoms with E-state index in [0.717, 1.165) is 44.1 Å². The van der Waals surface area contributed by atoms with Crippen molar-refractivity contribution in [3.8, 4) is 0 Å². The molecule has 318 valence electrons. The first-order valence-electron chi connectivity index (χ1n) is 20.7. The summed E-state index contributed by atoms with van der Waals surface area (Å²) in [6, 6.07) is 0.